The van der Waals surface area contributed by atoms with Gasteiger partial charge in [-0.15, -0.1) is 22.7 Å². The van der Waals surface area contributed by atoms with Crippen molar-refractivity contribution < 1.29 is 18.4 Å². The molecule has 2 aromatic rings. The van der Waals surface area contributed by atoms with Crippen LogP contribution in [0.5, 0.6) is 0 Å². The highest BCUT2D eigenvalue weighted by Crippen LogP contribution is 2.47. The fourth-order valence-corrected chi connectivity index (χ4v) is 5.01. The molecule has 8 heteroatoms. The minimum atomic E-state index is -0.405. The standard InChI is InChI=1S/C18H14F2N2O2S2/c1-3-21-15(11-5-9(19)7-25-11)13-14(17(21)23)16(22(4-2)18(13)24)12-6-10(20)8-26-12/h5-8H,3-4H2,1-2H3. The highest BCUT2D eigenvalue weighted by molar-refractivity contribution is 7.11. The molecule has 0 bridgehead atoms. The van der Waals surface area contributed by atoms with Crippen LogP contribution in [-0.2, 0) is 9.59 Å². The van der Waals surface area contributed by atoms with E-state index >= 15 is 0 Å². The van der Waals surface area contributed by atoms with Gasteiger partial charge in [0, 0.05) is 23.8 Å². The van der Waals surface area contributed by atoms with Gasteiger partial charge in [-0.05, 0) is 26.0 Å². The second-order valence-electron chi connectivity index (χ2n) is 5.80. The summed E-state index contributed by atoms with van der Waals surface area (Å²) in [7, 11) is 0. The maximum absolute atomic E-state index is 13.6. The van der Waals surface area contributed by atoms with Gasteiger partial charge in [-0.2, -0.15) is 0 Å². The van der Waals surface area contributed by atoms with Gasteiger partial charge < -0.3 is 9.80 Å². The lowest BCUT2D eigenvalue weighted by molar-refractivity contribution is -0.124. The molecule has 4 heterocycles. The molecule has 0 spiro atoms. The SMILES string of the molecule is CCN1C(=O)C2=C(c3cc(F)cs3)N(CC)C(=O)C2=C1c1cc(F)cs1. The molecule has 0 aliphatic carbocycles. The van der Waals surface area contributed by atoms with E-state index in [1.807, 2.05) is 0 Å². The predicted molar refractivity (Wildman–Crippen MR) is 97.2 cm³/mol. The smallest absolute Gasteiger partial charge is 0.261 e. The minimum Gasteiger partial charge on any atom is -0.306 e. The summed E-state index contributed by atoms with van der Waals surface area (Å²) in [6.07, 6.45) is 0. The van der Waals surface area contributed by atoms with Crippen LogP contribution in [0.3, 0.4) is 0 Å². The molecule has 2 aliphatic rings. The van der Waals surface area contributed by atoms with Crippen molar-refractivity contribution >= 4 is 45.9 Å². The van der Waals surface area contributed by atoms with Crippen molar-refractivity contribution in [2.24, 2.45) is 0 Å². The fraction of sp³-hybridized carbons (Fsp3) is 0.222. The van der Waals surface area contributed by atoms with E-state index in [9.17, 15) is 18.4 Å². The number of rotatable bonds is 4. The highest BCUT2D eigenvalue weighted by atomic mass is 32.1. The third-order valence-corrected chi connectivity index (χ3v) is 6.23. The first-order valence-corrected chi connectivity index (χ1v) is 9.85. The number of carbonyl (C=O) groups excluding carboxylic acids is 2. The molecule has 0 N–H and O–H groups in total. The van der Waals surface area contributed by atoms with E-state index in [-0.39, 0.29) is 23.0 Å². The molecule has 0 unspecified atom stereocenters. The van der Waals surface area contributed by atoms with E-state index in [1.165, 1.54) is 32.7 Å². The molecule has 0 atom stereocenters. The average molecular weight is 392 g/mol. The van der Waals surface area contributed by atoms with Gasteiger partial charge in [0.25, 0.3) is 11.8 Å². The van der Waals surface area contributed by atoms with Crippen LogP contribution in [0.1, 0.15) is 23.6 Å². The second-order valence-corrected chi connectivity index (χ2v) is 7.63. The van der Waals surface area contributed by atoms with E-state index in [0.29, 0.717) is 34.2 Å². The van der Waals surface area contributed by atoms with E-state index < -0.39 is 11.6 Å². The maximum atomic E-state index is 13.6. The zero-order valence-electron chi connectivity index (χ0n) is 14.0. The summed E-state index contributed by atoms with van der Waals surface area (Å²) in [5, 5.41) is 2.69. The van der Waals surface area contributed by atoms with E-state index in [2.05, 4.69) is 0 Å². The Kier molecular flexibility index (Phi) is 4.04. The minimum absolute atomic E-state index is 0.282. The Morgan fingerprint density at radius 2 is 1.19 bits per heavy atom. The van der Waals surface area contributed by atoms with E-state index in [0.717, 1.165) is 22.7 Å². The Morgan fingerprint density at radius 1 is 0.808 bits per heavy atom. The number of hydrogen-bond donors (Lipinski definition) is 0. The molecule has 0 saturated carbocycles. The first-order valence-electron chi connectivity index (χ1n) is 8.09. The quantitative estimate of drug-likeness (QED) is 0.791. The van der Waals surface area contributed by atoms with Gasteiger partial charge in [0.2, 0.25) is 0 Å². The Balaban J connectivity index is 2.02. The number of amides is 2. The molecule has 4 nitrogen and oxygen atoms in total. The van der Waals surface area contributed by atoms with Gasteiger partial charge in [-0.1, -0.05) is 0 Å². The number of fused-ring (bicyclic) bond motifs is 1. The van der Waals surface area contributed by atoms with Crippen LogP contribution in [-0.4, -0.2) is 34.7 Å². The van der Waals surface area contributed by atoms with E-state index in [4.69, 9.17) is 0 Å². The van der Waals surface area contributed by atoms with Crippen LogP contribution >= 0.6 is 22.7 Å². The third kappa shape index (κ3) is 2.29. The number of nitrogens with zero attached hydrogens (tertiary/aromatic N) is 2. The van der Waals surface area contributed by atoms with Gasteiger partial charge in [0.05, 0.1) is 32.3 Å². The highest BCUT2D eigenvalue weighted by Gasteiger charge is 2.48. The molecule has 0 aromatic carbocycles. The maximum Gasteiger partial charge on any atom is 0.261 e. The monoisotopic (exact) mass is 392 g/mol. The van der Waals surface area contributed by atoms with Crippen molar-refractivity contribution in [1.82, 2.24) is 9.80 Å². The molecule has 2 amide bonds. The van der Waals surface area contributed by atoms with Crippen molar-refractivity contribution in [3.63, 3.8) is 0 Å². The lowest BCUT2D eigenvalue weighted by Crippen LogP contribution is -2.29. The molecular weight excluding hydrogens is 378 g/mol. The number of hydrogen-bond acceptors (Lipinski definition) is 4. The van der Waals surface area contributed by atoms with Crippen LogP contribution in [0.4, 0.5) is 8.78 Å². The summed E-state index contributed by atoms with van der Waals surface area (Å²) in [5.74, 6) is -1.42. The van der Waals surface area contributed by atoms with Crippen LogP contribution in [0.25, 0.3) is 11.4 Å². The second kappa shape index (κ2) is 6.14. The van der Waals surface area contributed by atoms with Gasteiger partial charge in [0.15, 0.2) is 0 Å². The van der Waals surface area contributed by atoms with Gasteiger partial charge in [-0.25, -0.2) is 8.78 Å². The molecule has 0 fully saturated rings. The lowest BCUT2D eigenvalue weighted by Gasteiger charge is -2.22. The molecular formula is C18H14F2N2O2S2. The predicted octanol–water partition coefficient (Wildman–Crippen LogP) is 3.93. The largest absolute Gasteiger partial charge is 0.306 e. The van der Waals surface area contributed by atoms with Crippen LogP contribution in [0.15, 0.2) is 34.0 Å². The van der Waals surface area contributed by atoms with Crippen LogP contribution in [0, 0.1) is 11.6 Å². The van der Waals surface area contributed by atoms with E-state index in [1.54, 1.807) is 13.8 Å². The molecule has 0 saturated heterocycles. The topological polar surface area (TPSA) is 40.6 Å². The molecule has 26 heavy (non-hydrogen) atoms. The van der Waals surface area contributed by atoms with Crippen LogP contribution < -0.4 is 0 Å². The zero-order valence-corrected chi connectivity index (χ0v) is 15.6. The Bertz CT molecular complexity index is 922. The Hall–Kier alpha value is -2.32. The first kappa shape index (κ1) is 17.1. The fourth-order valence-electron chi connectivity index (χ4n) is 3.39. The summed E-state index contributed by atoms with van der Waals surface area (Å²) < 4.78 is 27.1. The number of halogens is 2. The number of likely N-dealkylation sites (N-methyl/N-ethyl adjacent to an activating group) is 2. The summed E-state index contributed by atoms with van der Waals surface area (Å²) in [4.78, 5) is 30.2. The zero-order chi connectivity index (χ0) is 18.6. The Labute approximate surface area is 156 Å². The number of thiophene rings is 2. The van der Waals surface area contributed by atoms with Crippen molar-refractivity contribution in [2.75, 3.05) is 13.1 Å². The molecule has 134 valence electrons. The van der Waals surface area contributed by atoms with Gasteiger partial charge >= 0.3 is 0 Å². The molecule has 0 radical (unpaired) electrons. The molecule has 4 rings (SSSR count). The average Bonchev–Trinajstić information content (AvgIpc) is 3.34. The van der Waals surface area contributed by atoms with Crippen molar-refractivity contribution in [3.8, 4) is 0 Å². The normalized spacial score (nSPS) is 17.2. The van der Waals surface area contributed by atoms with Crippen LogP contribution in [0.2, 0.25) is 0 Å². The number of carbonyl (C=O) groups is 2. The van der Waals surface area contributed by atoms with Gasteiger partial charge in [-0.3, -0.25) is 9.59 Å². The lowest BCUT2D eigenvalue weighted by atomic mass is 10.1. The van der Waals surface area contributed by atoms with Crippen molar-refractivity contribution in [1.29, 1.82) is 0 Å². The van der Waals surface area contributed by atoms with Gasteiger partial charge in [0.1, 0.15) is 11.6 Å². The summed E-state index contributed by atoms with van der Waals surface area (Å²) >= 11 is 2.30. The summed E-state index contributed by atoms with van der Waals surface area (Å²) in [6, 6.07) is 2.66. The first-order chi connectivity index (χ1) is 12.5. The third-order valence-electron chi connectivity index (χ3n) is 4.42. The summed E-state index contributed by atoms with van der Waals surface area (Å²) in [5.41, 5.74) is 1.45. The Morgan fingerprint density at radius 3 is 1.46 bits per heavy atom. The summed E-state index contributed by atoms with van der Waals surface area (Å²) in [6.45, 7) is 4.31. The molecule has 2 aliphatic heterocycles. The molecule has 2 aromatic heterocycles. The van der Waals surface area contributed by atoms with Crippen molar-refractivity contribution in [2.45, 2.75) is 13.8 Å². The van der Waals surface area contributed by atoms with Crippen molar-refractivity contribution in [3.05, 3.63) is 55.4 Å².